The van der Waals surface area contributed by atoms with Crippen LogP contribution in [0.2, 0.25) is 0 Å². The van der Waals surface area contributed by atoms with E-state index in [4.69, 9.17) is 4.74 Å². The van der Waals surface area contributed by atoms with E-state index in [9.17, 15) is 4.79 Å². The summed E-state index contributed by atoms with van der Waals surface area (Å²) in [6.07, 6.45) is 3.35. The van der Waals surface area contributed by atoms with Crippen molar-refractivity contribution in [3.8, 4) is 5.75 Å². The Morgan fingerprint density at radius 2 is 1.95 bits per heavy atom. The number of aromatic nitrogens is 1. The lowest BCUT2D eigenvalue weighted by molar-refractivity contribution is 0.102. The predicted octanol–water partition coefficient (Wildman–Crippen LogP) is 3.66. The van der Waals surface area contributed by atoms with Gasteiger partial charge in [0.1, 0.15) is 11.4 Å². The predicted molar refractivity (Wildman–Crippen MR) is 79.3 cm³/mol. The highest BCUT2D eigenvalue weighted by molar-refractivity contribution is 6.10. The van der Waals surface area contributed by atoms with Crippen LogP contribution < -0.4 is 4.74 Å². The van der Waals surface area contributed by atoms with E-state index in [-0.39, 0.29) is 5.78 Å². The van der Waals surface area contributed by atoms with Crippen LogP contribution in [-0.4, -0.2) is 17.4 Å². The smallest absolute Gasteiger partial charge is 0.215 e. The van der Waals surface area contributed by atoms with Crippen LogP contribution in [0.4, 0.5) is 0 Å². The second-order valence-electron chi connectivity index (χ2n) is 4.54. The maximum atomic E-state index is 12.7. The van der Waals surface area contributed by atoms with Crippen LogP contribution in [0.3, 0.4) is 0 Å². The van der Waals surface area contributed by atoms with Gasteiger partial charge >= 0.3 is 0 Å². The minimum absolute atomic E-state index is 0.0749. The lowest BCUT2D eigenvalue weighted by Gasteiger charge is -2.11. The normalized spacial score (nSPS) is 10.3. The topological polar surface area (TPSA) is 39.2 Å². The van der Waals surface area contributed by atoms with Gasteiger partial charge in [0, 0.05) is 6.20 Å². The van der Waals surface area contributed by atoms with Crippen molar-refractivity contribution in [3.63, 3.8) is 0 Å². The maximum absolute atomic E-state index is 12.7. The molecule has 0 aliphatic heterocycles. The number of ketones is 1. The first-order valence-corrected chi connectivity index (χ1v) is 6.98. The Labute approximate surface area is 119 Å². The summed E-state index contributed by atoms with van der Waals surface area (Å²) >= 11 is 0. The molecule has 3 heteroatoms. The standard InChI is InChI=1S/C17H19NO2/c1-3-12-20-15-10-6-5-9-14(15)17(19)16-13(4-2)8-7-11-18-16/h5-11H,3-4,12H2,1-2H3. The highest BCUT2D eigenvalue weighted by Gasteiger charge is 2.17. The van der Waals surface area contributed by atoms with E-state index >= 15 is 0 Å². The van der Waals surface area contributed by atoms with Crippen LogP contribution in [0.1, 0.15) is 41.9 Å². The van der Waals surface area contributed by atoms with Gasteiger partial charge in [-0.25, -0.2) is 0 Å². The molecule has 104 valence electrons. The molecule has 3 nitrogen and oxygen atoms in total. The van der Waals surface area contributed by atoms with Gasteiger partial charge in [0.2, 0.25) is 5.78 Å². The van der Waals surface area contributed by atoms with Crippen LogP contribution in [0.25, 0.3) is 0 Å². The molecule has 1 heterocycles. The van der Waals surface area contributed by atoms with E-state index in [1.807, 2.05) is 44.2 Å². The Bertz CT molecular complexity index is 593. The van der Waals surface area contributed by atoms with Crippen molar-refractivity contribution in [1.82, 2.24) is 4.98 Å². The molecule has 0 bridgehead atoms. The number of ether oxygens (including phenoxy) is 1. The highest BCUT2D eigenvalue weighted by Crippen LogP contribution is 2.22. The highest BCUT2D eigenvalue weighted by atomic mass is 16.5. The van der Waals surface area contributed by atoms with Gasteiger partial charge in [0.05, 0.1) is 12.2 Å². The summed E-state index contributed by atoms with van der Waals surface area (Å²) in [5.41, 5.74) is 2.06. The van der Waals surface area contributed by atoms with Crippen LogP contribution in [0.5, 0.6) is 5.75 Å². The van der Waals surface area contributed by atoms with Gasteiger partial charge in [-0.2, -0.15) is 0 Å². The zero-order valence-electron chi connectivity index (χ0n) is 11.9. The number of pyridine rings is 1. The van der Waals surface area contributed by atoms with Gasteiger partial charge in [-0.1, -0.05) is 32.0 Å². The van der Waals surface area contributed by atoms with Gasteiger partial charge in [-0.3, -0.25) is 9.78 Å². The summed E-state index contributed by atoms with van der Waals surface area (Å²) in [5, 5.41) is 0. The molecule has 20 heavy (non-hydrogen) atoms. The summed E-state index contributed by atoms with van der Waals surface area (Å²) < 4.78 is 5.65. The fourth-order valence-electron chi connectivity index (χ4n) is 2.05. The molecule has 0 saturated carbocycles. The largest absolute Gasteiger partial charge is 0.493 e. The van der Waals surface area contributed by atoms with Crippen LogP contribution in [0, 0.1) is 0 Å². The first-order valence-electron chi connectivity index (χ1n) is 6.98. The molecule has 0 atom stereocenters. The monoisotopic (exact) mass is 269 g/mol. The van der Waals surface area contributed by atoms with Crippen molar-refractivity contribution >= 4 is 5.78 Å². The first-order chi connectivity index (χ1) is 9.77. The lowest BCUT2D eigenvalue weighted by Crippen LogP contribution is -2.10. The minimum Gasteiger partial charge on any atom is -0.493 e. The second kappa shape index (κ2) is 6.85. The molecule has 0 aliphatic carbocycles. The molecule has 0 saturated heterocycles. The summed E-state index contributed by atoms with van der Waals surface area (Å²) in [5.74, 6) is 0.557. The van der Waals surface area contributed by atoms with E-state index in [2.05, 4.69) is 4.98 Å². The summed E-state index contributed by atoms with van der Waals surface area (Å²) in [6.45, 7) is 4.67. The number of carbonyl (C=O) groups is 1. The van der Waals surface area contributed by atoms with E-state index in [1.165, 1.54) is 0 Å². The number of nitrogens with zero attached hydrogens (tertiary/aromatic N) is 1. The van der Waals surface area contributed by atoms with E-state index < -0.39 is 0 Å². The number of para-hydroxylation sites is 1. The quantitative estimate of drug-likeness (QED) is 0.751. The number of carbonyl (C=O) groups excluding carboxylic acids is 1. The van der Waals surface area contributed by atoms with Crippen molar-refractivity contribution in [3.05, 3.63) is 59.4 Å². The minimum atomic E-state index is -0.0749. The Morgan fingerprint density at radius 3 is 2.70 bits per heavy atom. The molecule has 0 unspecified atom stereocenters. The average molecular weight is 269 g/mol. The Hall–Kier alpha value is -2.16. The van der Waals surface area contributed by atoms with Crippen molar-refractivity contribution in [1.29, 1.82) is 0 Å². The number of rotatable bonds is 6. The van der Waals surface area contributed by atoms with E-state index in [0.717, 1.165) is 18.4 Å². The SMILES string of the molecule is CCCOc1ccccc1C(=O)c1ncccc1CC. The number of aryl methyl sites for hydroxylation is 1. The van der Waals surface area contributed by atoms with E-state index in [0.29, 0.717) is 23.6 Å². The third-order valence-electron chi connectivity index (χ3n) is 3.08. The van der Waals surface area contributed by atoms with Gasteiger partial charge < -0.3 is 4.74 Å². The zero-order valence-corrected chi connectivity index (χ0v) is 11.9. The second-order valence-corrected chi connectivity index (χ2v) is 4.54. The molecule has 1 aromatic carbocycles. The molecule has 0 amide bonds. The molecule has 0 radical (unpaired) electrons. The summed E-state index contributed by atoms with van der Waals surface area (Å²) in [6, 6.07) is 11.1. The Balaban J connectivity index is 2.38. The fourth-order valence-corrected chi connectivity index (χ4v) is 2.05. The molecule has 2 aromatic rings. The Morgan fingerprint density at radius 1 is 1.15 bits per heavy atom. The summed E-state index contributed by atoms with van der Waals surface area (Å²) in [7, 11) is 0. The molecular weight excluding hydrogens is 250 g/mol. The molecule has 0 aliphatic rings. The average Bonchev–Trinajstić information content (AvgIpc) is 2.52. The molecule has 0 spiro atoms. The molecule has 1 aromatic heterocycles. The molecular formula is C17H19NO2. The number of hydrogen-bond acceptors (Lipinski definition) is 3. The van der Waals surface area contributed by atoms with E-state index in [1.54, 1.807) is 12.3 Å². The van der Waals surface area contributed by atoms with Crippen molar-refractivity contribution in [2.24, 2.45) is 0 Å². The lowest BCUT2D eigenvalue weighted by atomic mass is 10.0. The van der Waals surface area contributed by atoms with Gasteiger partial charge in [0.15, 0.2) is 0 Å². The Kier molecular flexibility index (Phi) is 4.88. The molecule has 0 N–H and O–H groups in total. The summed E-state index contributed by atoms with van der Waals surface area (Å²) in [4.78, 5) is 16.9. The molecule has 2 rings (SSSR count). The van der Waals surface area contributed by atoms with Crippen molar-refractivity contribution in [2.45, 2.75) is 26.7 Å². The van der Waals surface area contributed by atoms with Gasteiger partial charge in [-0.15, -0.1) is 0 Å². The van der Waals surface area contributed by atoms with Gasteiger partial charge in [0.25, 0.3) is 0 Å². The number of hydrogen-bond donors (Lipinski definition) is 0. The van der Waals surface area contributed by atoms with Crippen molar-refractivity contribution in [2.75, 3.05) is 6.61 Å². The molecule has 0 fully saturated rings. The third-order valence-corrected chi connectivity index (χ3v) is 3.08. The van der Waals surface area contributed by atoms with Gasteiger partial charge in [-0.05, 0) is 36.6 Å². The maximum Gasteiger partial charge on any atom is 0.215 e. The van der Waals surface area contributed by atoms with Crippen LogP contribution >= 0.6 is 0 Å². The van der Waals surface area contributed by atoms with Crippen LogP contribution in [0.15, 0.2) is 42.6 Å². The third kappa shape index (κ3) is 3.05. The van der Waals surface area contributed by atoms with Crippen molar-refractivity contribution < 1.29 is 9.53 Å². The zero-order chi connectivity index (χ0) is 14.4. The fraction of sp³-hybridized carbons (Fsp3) is 0.294. The first kappa shape index (κ1) is 14.3. The number of benzene rings is 1. The van der Waals surface area contributed by atoms with Crippen LogP contribution in [-0.2, 0) is 6.42 Å².